The van der Waals surface area contributed by atoms with Gasteiger partial charge in [0.15, 0.2) is 9.84 Å². The predicted molar refractivity (Wildman–Crippen MR) is 80.3 cm³/mol. The molecule has 1 aromatic rings. The minimum Gasteiger partial charge on any atom is -0.354 e. The summed E-state index contributed by atoms with van der Waals surface area (Å²) in [5.74, 6) is -0.711. The number of nitrogens with one attached hydrogen (secondary N) is 1. The van der Waals surface area contributed by atoms with Crippen molar-refractivity contribution in [2.75, 3.05) is 18.1 Å². The lowest BCUT2D eigenvalue weighted by Crippen LogP contribution is -2.36. The Bertz CT molecular complexity index is 754. The largest absolute Gasteiger partial charge is 0.354 e. The van der Waals surface area contributed by atoms with E-state index in [-0.39, 0.29) is 29.5 Å². The van der Waals surface area contributed by atoms with E-state index in [1.165, 1.54) is 4.68 Å². The van der Waals surface area contributed by atoms with Gasteiger partial charge >= 0.3 is 0 Å². The molecule has 0 radical (unpaired) electrons. The third-order valence-corrected chi connectivity index (χ3v) is 6.02. The van der Waals surface area contributed by atoms with E-state index in [9.17, 15) is 18.0 Å². The quantitative estimate of drug-likeness (QED) is 0.788. The molecule has 0 saturated carbocycles. The fourth-order valence-electron chi connectivity index (χ4n) is 3.03. The number of rotatable bonds is 4. The first-order valence-corrected chi connectivity index (χ1v) is 9.35. The van der Waals surface area contributed by atoms with Gasteiger partial charge in [-0.15, -0.1) is 0 Å². The van der Waals surface area contributed by atoms with E-state index in [1.54, 1.807) is 6.07 Å². The average Bonchev–Trinajstić information content (AvgIpc) is 3.04. The molecule has 0 unspecified atom stereocenters. The van der Waals surface area contributed by atoms with Crippen molar-refractivity contribution in [1.29, 1.82) is 0 Å². The lowest BCUT2D eigenvalue weighted by molar-refractivity contribution is -0.124. The van der Waals surface area contributed by atoms with Gasteiger partial charge in [-0.05, 0) is 31.2 Å². The van der Waals surface area contributed by atoms with Gasteiger partial charge in [-0.3, -0.25) is 9.59 Å². The Kier molecular flexibility index (Phi) is 4.03. The first kappa shape index (κ1) is 15.2. The van der Waals surface area contributed by atoms with Crippen LogP contribution >= 0.6 is 0 Å². The highest BCUT2D eigenvalue weighted by atomic mass is 32.2. The second-order valence-corrected chi connectivity index (χ2v) is 8.15. The minimum absolute atomic E-state index is 0.0735. The standard InChI is InChI=1S/C14H19N3O4S/c18-13-8-10-2-1-3-12(10)16-17(13)6-5-15-14(19)11-4-7-22(20,21)9-11/h8,11H,1-7,9H2,(H,15,19)/t11-/m1/s1. The molecule has 1 aromatic heterocycles. The molecule has 1 aliphatic heterocycles. The Balaban J connectivity index is 1.55. The van der Waals surface area contributed by atoms with E-state index in [1.807, 2.05) is 0 Å². The maximum atomic E-state index is 11.9. The molecule has 22 heavy (non-hydrogen) atoms. The summed E-state index contributed by atoms with van der Waals surface area (Å²) < 4.78 is 24.1. The molecule has 120 valence electrons. The molecule has 1 amide bonds. The topological polar surface area (TPSA) is 98.1 Å². The van der Waals surface area contributed by atoms with Gasteiger partial charge in [-0.1, -0.05) is 0 Å². The van der Waals surface area contributed by atoms with Crippen molar-refractivity contribution < 1.29 is 13.2 Å². The van der Waals surface area contributed by atoms with Gasteiger partial charge in [0, 0.05) is 12.6 Å². The third kappa shape index (κ3) is 3.21. The monoisotopic (exact) mass is 325 g/mol. The molecule has 1 aliphatic carbocycles. The summed E-state index contributed by atoms with van der Waals surface area (Å²) in [5, 5.41) is 7.03. The Labute approximate surface area is 128 Å². The van der Waals surface area contributed by atoms with E-state index < -0.39 is 15.8 Å². The van der Waals surface area contributed by atoms with Crippen molar-refractivity contribution in [2.24, 2.45) is 5.92 Å². The molecule has 7 nitrogen and oxygen atoms in total. The van der Waals surface area contributed by atoms with E-state index >= 15 is 0 Å². The van der Waals surface area contributed by atoms with Crippen LogP contribution in [0.15, 0.2) is 10.9 Å². The molecule has 0 bridgehead atoms. The van der Waals surface area contributed by atoms with Gasteiger partial charge in [-0.25, -0.2) is 13.1 Å². The summed E-state index contributed by atoms with van der Waals surface area (Å²) >= 11 is 0. The molecule has 1 fully saturated rings. The Hall–Kier alpha value is -1.70. The van der Waals surface area contributed by atoms with E-state index in [2.05, 4.69) is 10.4 Å². The number of sulfone groups is 1. The maximum absolute atomic E-state index is 11.9. The van der Waals surface area contributed by atoms with E-state index in [4.69, 9.17) is 0 Å². The smallest absolute Gasteiger partial charge is 0.267 e. The Morgan fingerprint density at radius 3 is 2.95 bits per heavy atom. The number of hydrogen-bond donors (Lipinski definition) is 1. The van der Waals surface area contributed by atoms with Gasteiger partial charge in [0.05, 0.1) is 29.7 Å². The Morgan fingerprint density at radius 1 is 1.41 bits per heavy atom. The summed E-state index contributed by atoms with van der Waals surface area (Å²) in [5.41, 5.74) is 1.84. The lowest BCUT2D eigenvalue weighted by Gasteiger charge is -2.10. The van der Waals surface area contributed by atoms with Crippen molar-refractivity contribution in [3.8, 4) is 0 Å². The maximum Gasteiger partial charge on any atom is 0.267 e. The first-order chi connectivity index (χ1) is 10.4. The van der Waals surface area contributed by atoms with Gasteiger partial charge in [0.25, 0.3) is 5.56 Å². The fraction of sp³-hybridized carbons (Fsp3) is 0.643. The Morgan fingerprint density at radius 2 is 2.23 bits per heavy atom. The predicted octanol–water partition coefficient (Wildman–Crippen LogP) is -0.717. The second kappa shape index (κ2) is 5.83. The second-order valence-electron chi connectivity index (χ2n) is 5.92. The number of nitrogens with zero attached hydrogens (tertiary/aromatic N) is 2. The zero-order valence-electron chi connectivity index (χ0n) is 12.2. The molecule has 1 saturated heterocycles. The molecule has 3 rings (SSSR count). The SMILES string of the molecule is O=C(NCCn1nc2c(cc1=O)CCC2)[C@@H]1CCS(=O)(=O)C1. The van der Waals surface area contributed by atoms with E-state index in [0.29, 0.717) is 13.0 Å². The number of hydrogen-bond acceptors (Lipinski definition) is 5. The zero-order valence-corrected chi connectivity index (χ0v) is 13.1. The molecule has 1 N–H and O–H groups in total. The molecule has 0 aromatic carbocycles. The van der Waals surface area contributed by atoms with Crippen LogP contribution in [0.3, 0.4) is 0 Å². The highest BCUT2D eigenvalue weighted by Crippen LogP contribution is 2.18. The van der Waals surface area contributed by atoms with Crippen molar-refractivity contribution >= 4 is 15.7 Å². The van der Waals surface area contributed by atoms with Crippen molar-refractivity contribution in [2.45, 2.75) is 32.2 Å². The molecule has 2 aliphatic rings. The van der Waals surface area contributed by atoms with Gasteiger partial charge in [0.1, 0.15) is 0 Å². The molecule has 8 heteroatoms. The zero-order chi connectivity index (χ0) is 15.7. The number of amides is 1. The highest BCUT2D eigenvalue weighted by molar-refractivity contribution is 7.91. The van der Waals surface area contributed by atoms with Crippen LogP contribution in [0.25, 0.3) is 0 Å². The molecule has 2 heterocycles. The number of fused-ring (bicyclic) bond motifs is 1. The van der Waals surface area contributed by atoms with Crippen molar-refractivity contribution in [3.63, 3.8) is 0 Å². The van der Waals surface area contributed by atoms with E-state index in [0.717, 1.165) is 30.5 Å². The van der Waals surface area contributed by atoms with Crippen LogP contribution in [0.5, 0.6) is 0 Å². The summed E-state index contributed by atoms with van der Waals surface area (Å²) in [7, 11) is -3.06. The fourth-order valence-corrected chi connectivity index (χ4v) is 4.77. The average molecular weight is 325 g/mol. The van der Waals surface area contributed by atoms with Gasteiger partial charge in [-0.2, -0.15) is 5.10 Å². The number of carbonyl (C=O) groups is 1. The van der Waals surface area contributed by atoms with Crippen LogP contribution in [0.1, 0.15) is 24.1 Å². The van der Waals surface area contributed by atoms with Crippen LogP contribution < -0.4 is 10.9 Å². The molecular formula is C14H19N3O4S. The summed E-state index contributed by atoms with van der Waals surface area (Å²) in [6.07, 6.45) is 3.21. The molecule has 1 atom stereocenters. The molecule has 0 spiro atoms. The van der Waals surface area contributed by atoms with Crippen LogP contribution in [-0.4, -0.2) is 42.2 Å². The lowest BCUT2D eigenvalue weighted by atomic mass is 10.1. The van der Waals surface area contributed by atoms with Crippen molar-refractivity contribution in [1.82, 2.24) is 15.1 Å². The van der Waals surface area contributed by atoms with Crippen LogP contribution in [0.2, 0.25) is 0 Å². The number of aryl methyl sites for hydroxylation is 2. The minimum atomic E-state index is -3.06. The highest BCUT2D eigenvalue weighted by Gasteiger charge is 2.32. The van der Waals surface area contributed by atoms with Crippen molar-refractivity contribution in [3.05, 3.63) is 27.7 Å². The summed E-state index contributed by atoms with van der Waals surface area (Å²) in [6.45, 7) is 0.582. The van der Waals surface area contributed by atoms with Crippen LogP contribution in [-0.2, 0) is 34.0 Å². The number of aromatic nitrogens is 2. The molecular weight excluding hydrogens is 306 g/mol. The first-order valence-electron chi connectivity index (χ1n) is 7.53. The van der Waals surface area contributed by atoms with Gasteiger partial charge in [0.2, 0.25) is 5.91 Å². The van der Waals surface area contributed by atoms with Crippen LogP contribution in [0.4, 0.5) is 0 Å². The normalized spacial score (nSPS) is 22.5. The number of carbonyl (C=O) groups excluding carboxylic acids is 1. The third-order valence-electron chi connectivity index (χ3n) is 4.25. The summed E-state index contributed by atoms with van der Waals surface area (Å²) in [6, 6.07) is 1.63. The van der Waals surface area contributed by atoms with Crippen LogP contribution in [0, 0.1) is 5.92 Å². The summed E-state index contributed by atoms with van der Waals surface area (Å²) in [4.78, 5) is 23.8. The van der Waals surface area contributed by atoms with Gasteiger partial charge < -0.3 is 5.32 Å².